The second-order valence-corrected chi connectivity index (χ2v) is 13.7. The second-order valence-electron chi connectivity index (χ2n) is 13.7. The zero-order valence-electron chi connectivity index (χ0n) is 23.1. The van der Waals surface area contributed by atoms with E-state index in [9.17, 15) is 10.1 Å². The van der Waals surface area contributed by atoms with Gasteiger partial charge in [0.15, 0.2) is 11.4 Å². The fourth-order valence-corrected chi connectivity index (χ4v) is 9.58. The molecular weight excluding hydrogens is 458 g/mol. The molecule has 0 unspecified atom stereocenters. The smallest absolute Gasteiger partial charge is 0.197 e. The third kappa shape index (κ3) is 3.63. The number of carbonyl (C=O) groups excluding carboxylic acids is 1. The number of tetrazole rings is 1. The number of rotatable bonds is 5. The van der Waals surface area contributed by atoms with E-state index in [1.54, 1.807) is 4.52 Å². The molecule has 0 radical (unpaired) electrons. The molecule has 6 heteroatoms. The summed E-state index contributed by atoms with van der Waals surface area (Å²) in [5.74, 6) is 4.27. The fourth-order valence-electron chi connectivity index (χ4n) is 9.58. The van der Waals surface area contributed by atoms with E-state index in [2.05, 4.69) is 62.3 Å². The molecule has 0 N–H and O–H groups in total. The van der Waals surface area contributed by atoms with Crippen LogP contribution in [0.5, 0.6) is 0 Å². The molecule has 2 heterocycles. The van der Waals surface area contributed by atoms with Gasteiger partial charge in [-0.25, -0.2) is 0 Å². The first kappa shape index (κ1) is 24.8. The van der Waals surface area contributed by atoms with Crippen LogP contribution in [0.4, 0.5) is 0 Å². The number of nitrogens with zero attached hydrogens (tertiary/aromatic N) is 5. The molecule has 6 rings (SSSR count). The lowest BCUT2D eigenvalue weighted by Crippen LogP contribution is -2.53. The van der Waals surface area contributed by atoms with Crippen molar-refractivity contribution in [2.75, 3.05) is 0 Å². The minimum atomic E-state index is -0.191. The molecule has 4 aliphatic carbocycles. The molecule has 6 nitrogen and oxygen atoms in total. The molecule has 0 aliphatic heterocycles. The van der Waals surface area contributed by atoms with Crippen molar-refractivity contribution in [2.45, 2.75) is 92.4 Å². The Bertz CT molecular complexity index is 1320. The molecule has 0 bridgehead atoms. The van der Waals surface area contributed by atoms with E-state index in [1.807, 2.05) is 6.07 Å². The van der Waals surface area contributed by atoms with E-state index in [0.29, 0.717) is 46.6 Å². The molecule has 0 amide bonds. The number of hydrogen-bond donors (Lipinski definition) is 0. The average Bonchev–Trinajstić information content (AvgIpc) is 3.47. The molecule has 0 saturated heterocycles. The topological polar surface area (TPSA) is 83.9 Å². The van der Waals surface area contributed by atoms with Crippen LogP contribution in [0.1, 0.15) is 103 Å². The first-order chi connectivity index (χ1) is 17.7. The van der Waals surface area contributed by atoms with Crippen LogP contribution in [0.3, 0.4) is 0 Å². The van der Waals surface area contributed by atoms with Gasteiger partial charge in [0, 0.05) is 17.4 Å². The van der Waals surface area contributed by atoms with E-state index in [4.69, 9.17) is 0 Å². The van der Waals surface area contributed by atoms with Crippen molar-refractivity contribution in [1.29, 1.82) is 5.26 Å². The molecular formula is C31H41N5O. The highest BCUT2D eigenvalue weighted by Gasteiger charge is 2.61. The van der Waals surface area contributed by atoms with E-state index < -0.39 is 0 Å². The number of pyridine rings is 1. The Morgan fingerprint density at radius 1 is 1.16 bits per heavy atom. The zero-order valence-corrected chi connectivity index (χ0v) is 23.1. The number of fused-ring (bicyclic) bond motifs is 8. The number of hydrogen-bond acceptors (Lipinski definition) is 5. The third-order valence-electron chi connectivity index (χ3n) is 11.3. The summed E-state index contributed by atoms with van der Waals surface area (Å²) in [4.78, 5) is 13.8. The number of carbonyl (C=O) groups is 1. The van der Waals surface area contributed by atoms with Gasteiger partial charge in [-0.15, -0.1) is 5.10 Å². The normalized spacial score (nSPS) is 35.4. The van der Waals surface area contributed by atoms with Gasteiger partial charge >= 0.3 is 0 Å². The average molecular weight is 500 g/mol. The molecule has 196 valence electrons. The molecule has 4 aliphatic rings. The summed E-state index contributed by atoms with van der Waals surface area (Å²) in [5.41, 5.74) is 4.06. The van der Waals surface area contributed by atoms with Crippen LogP contribution in [-0.4, -0.2) is 25.8 Å². The van der Waals surface area contributed by atoms with Crippen molar-refractivity contribution in [3.8, 4) is 6.07 Å². The fraction of sp³-hybridized carbons (Fsp3) is 0.710. The molecule has 3 fully saturated rings. The zero-order chi connectivity index (χ0) is 26.1. The summed E-state index contributed by atoms with van der Waals surface area (Å²) in [6.45, 7) is 12.1. The predicted molar refractivity (Wildman–Crippen MR) is 143 cm³/mol. The summed E-state index contributed by atoms with van der Waals surface area (Å²) in [5, 5.41) is 21.8. The largest absolute Gasteiger partial charge is 0.295 e. The predicted octanol–water partition coefficient (Wildman–Crippen LogP) is 6.44. The van der Waals surface area contributed by atoms with Gasteiger partial charge < -0.3 is 0 Å². The van der Waals surface area contributed by atoms with Crippen LogP contribution in [0.25, 0.3) is 11.7 Å². The van der Waals surface area contributed by atoms with Gasteiger partial charge in [-0.3, -0.25) is 4.79 Å². The summed E-state index contributed by atoms with van der Waals surface area (Å²) in [6.07, 6.45) is 12.6. The van der Waals surface area contributed by atoms with E-state index in [-0.39, 0.29) is 5.41 Å². The highest BCUT2D eigenvalue weighted by Crippen LogP contribution is 2.67. The second kappa shape index (κ2) is 8.75. The van der Waals surface area contributed by atoms with Crippen molar-refractivity contribution in [3.05, 3.63) is 28.5 Å². The van der Waals surface area contributed by atoms with Crippen molar-refractivity contribution in [3.63, 3.8) is 0 Å². The van der Waals surface area contributed by atoms with E-state index in [0.717, 1.165) is 41.0 Å². The SMILES string of the molecule is CC(C)CCC[C@@H](C)[C@H]1CC[C@H]2[C@@H]3CC(=O)C4=Cc5c(cc(C#N)c6nnnn56)C[C@]4(C)[C@H]3CC[C@]12C. The summed E-state index contributed by atoms with van der Waals surface area (Å²) in [7, 11) is 0. The van der Waals surface area contributed by atoms with Crippen LogP contribution in [0.15, 0.2) is 11.6 Å². The van der Waals surface area contributed by atoms with Gasteiger partial charge in [-0.1, -0.05) is 53.9 Å². The van der Waals surface area contributed by atoms with Crippen LogP contribution >= 0.6 is 0 Å². The monoisotopic (exact) mass is 499 g/mol. The highest BCUT2D eigenvalue weighted by atomic mass is 16.1. The lowest BCUT2D eigenvalue weighted by atomic mass is 9.46. The third-order valence-corrected chi connectivity index (χ3v) is 11.3. The minimum absolute atomic E-state index is 0.191. The van der Waals surface area contributed by atoms with Gasteiger partial charge in [0.05, 0.1) is 11.3 Å². The maximum Gasteiger partial charge on any atom is 0.197 e. The van der Waals surface area contributed by atoms with Gasteiger partial charge in [-0.2, -0.15) is 9.78 Å². The van der Waals surface area contributed by atoms with E-state index in [1.165, 1.54) is 44.9 Å². The Kier molecular flexibility index (Phi) is 5.86. The molecule has 0 spiro atoms. The van der Waals surface area contributed by atoms with Crippen LogP contribution in [0.2, 0.25) is 0 Å². The van der Waals surface area contributed by atoms with Crippen molar-refractivity contribution >= 4 is 17.5 Å². The summed E-state index contributed by atoms with van der Waals surface area (Å²) < 4.78 is 1.65. The molecule has 37 heavy (non-hydrogen) atoms. The highest BCUT2D eigenvalue weighted by molar-refractivity contribution is 6.02. The van der Waals surface area contributed by atoms with Crippen LogP contribution < -0.4 is 0 Å². The van der Waals surface area contributed by atoms with Crippen molar-refractivity contribution in [1.82, 2.24) is 20.0 Å². The van der Waals surface area contributed by atoms with Gasteiger partial charge in [0.25, 0.3) is 0 Å². The number of ketones is 1. The number of allylic oxidation sites excluding steroid dienone is 1. The Morgan fingerprint density at radius 3 is 2.73 bits per heavy atom. The lowest BCUT2D eigenvalue weighted by molar-refractivity contribution is -0.128. The van der Waals surface area contributed by atoms with Crippen molar-refractivity contribution in [2.24, 2.45) is 46.3 Å². The first-order valence-corrected chi connectivity index (χ1v) is 14.6. The molecule has 3 saturated carbocycles. The Labute approximate surface area is 220 Å². The number of nitriles is 1. The maximum atomic E-state index is 13.8. The van der Waals surface area contributed by atoms with Crippen LogP contribution in [-0.2, 0) is 11.2 Å². The Morgan fingerprint density at radius 2 is 1.97 bits per heavy atom. The van der Waals surface area contributed by atoms with Gasteiger partial charge in [0.1, 0.15) is 6.07 Å². The molecule has 0 aromatic carbocycles. The summed E-state index contributed by atoms with van der Waals surface area (Å²) >= 11 is 0. The summed E-state index contributed by atoms with van der Waals surface area (Å²) in [6, 6.07) is 4.24. The number of Topliss-reactive ketones (excluding diaryl/α,β-unsaturated/α-hetero) is 1. The maximum absolute atomic E-state index is 13.8. The molecule has 2 aromatic rings. The quantitative estimate of drug-likeness (QED) is 0.473. The number of aromatic nitrogens is 4. The lowest BCUT2D eigenvalue weighted by Gasteiger charge is -2.58. The van der Waals surface area contributed by atoms with Crippen molar-refractivity contribution < 1.29 is 4.79 Å². The minimum Gasteiger partial charge on any atom is -0.295 e. The molecule has 7 atom stereocenters. The Hall–Kier alpha value is -2.55. The molecule has 2 aromatic heterocycles. The van der Waals surface area contributed by atoms with Crippen LogP contribution in [0, 0.1) is 57.7 Å². The van der Waals surface area contributed by atoms with E-state index >= 15 is 0 Å². The standard InChI is InChI=1S/C31H41N5O/c1-18(2)7-6-8-19(3)23-9-10-24-22-14-28(37)26-15-27-20(13-21(17-32)29-33-34-35-36(27)29)16-31(26,5)25(22)11-12-30(23,24)4/h13,15,18-19,22-25H,6-12,14,16H2,1-5H3/t19-,22+,23-,24+,25+,30-,31-/m1/s1. The van der Waals surface area contributed by atoms with Gasteiger partial charge in [0.2, 0.25) is 0 Å². The Balaban J connectivity index is 1.31. The first-order valence-electron chi connectivity index (χ1n) is 14.6. The van der Waals surface area contributed by atoms with Gasteiger partial charge in [-0.05, 0) is 101 Å².